The second-order valence-electron chi connectivity index (χ2n) is 6.41. The minimum atomic E-state index is -0.295. The van der Waals surface area contributed by atoms with E-state index < -0.39 is 0 Å². The number of hydrogen-bond acceptors (Lipinski definition) is 4. The minimum Gasteiger partial charge on any atom is -0.372 e. The first-order valence-corrected chi connectivity index (χ1v) is 9.59. The standard InChI is InChI=1S/C23H24N4O2/c1-3-27(4-2)19-11-9-18(10-12-19)25-23(29)20-7-5-6-8-21(20)26-22(28)17-13-15-24-16-14-17/h5-16H,3-4H2,1-2H3,(H,25,29)(H,26,28). The van der Waals surface area contributed by atoms with Crippen molar-refractivity contribution in [2.24, 2.45) is 0 Å². The SMILES string of the molecule is CCN(CC)c1ccc(NC(=O)c2ccccc2NC(=O)c2ccncc2)cc1. The van der Waals surface area contributed by atoms with Crippen LogP contribution in [0.3, 0.4) is 0 Å². The van der Waals surface area contributed by atoms with Gasteiger partial charge >= 0.3 is 0 Å². The molecule has 0 bridgehead atoms. The number of hydrogen-bond donors (Lipinski definition) is 2. The van der Waals surface area contributed by atoms with Crippen molar-refractivity contribution in [1.82, 2.24) is 4.98 Å². The Hall–Kier alpha value is -3.67. The van der Waals surface area contributed by atoms with Crippen LogP contribution in [0, 0.1) is 0 Å². The molecule has 2 aromatic carbocycles. The van der Waals surface area contributed by atoms with E-state index in [9.17, 15) is 9.59 Å². The molecule has 0 aliphatic carbocycles. The molecule has 2 N–H and O–H groups in total. The normalized spacial score (nSPS) is 10.3. The predicted molar refractivity (Wildman–Crippen MR) is 117 cm³/mol. The molecule has 29 heavy (non-hydrogen) atoms. The lowest BCUT2D eigenvalue weighted by atomic mass is 10.1. The summed E-state index contributed by atoms with van der Waals surface area (Å²) in [4.78, 5) is 31.4. The number of rotatable bonds is 7. The van der Waals surface area contributed by atoms with Crippen molar-refractivity contribution in [3.63, 3.8) is 0 Å². The lowest BCUT2D eigenvalue weighted by molar-refractivity contribution is 0.102. The Bertz CT molecular complexity index is 968. The number of aromatic nitrogens is 1. The molecule has 1 aromatic heterocycles. The van der Waals surface area contributed by atoms with Gasteiger partial charge in [-0.1, -0.05) is 12.1 Å². The molecule has 0 aliphatic heterocycles. The third-order valence-electron chi connectivity index (χ3n) is 4.62. The largest absolute Gasteiger partial charge is 0.372 e. The van der Waals surface area contributed by atoms with Gasteiger partial charge in [-0.15, -0.1) is 0 Å². The summed E-state index contributed by atoms with van der Waals surface area (Å²) in [6.07, 6.45) is 3.10. The molecule has 0 fully saturated rings. The lowest BCUT2D eigenvalue weighted by Gasteiger charge is -2.21. The second-order valence-corrected chi connectivity index (χ2v) is 6.41. The van der Waals surface area contributed by atoms with Crippen LogP contribution >= 0.6 is 0 Å². The molecule has 3 rings (SSSR count). The van der Waals surface area contributed by atoms with Gasteiger partial charge in [0.05, 0.1) is 11.3 Å². The van der Waals surface area contributed by atoms with E-state index in [0.717, 1.165) is 18.8 Å². The molecule has 0 saturated carbocycles. The maximum atomic E-state index is 12.8. The maximum absolute atomic E-state index is 12.8. The van der Waals surface area contributed by atoms with E-state index in [1.165, 1.54) is 0 Å². The van der Waals surface area contributed by atoms with Gasteiger partial charge in [0.15, 0.2) is 0 Å². The number of amides is 2. The van der Waals surface area contributed by atoms with Crippen LogP contribution in [0.25, 0.3) is 0 Å². The zero-order valence-electron chi connectivity index (χ0n) is 16.6. The molecular weight excluding hydrogens is 364 g/mol. The van der Waals surface area contributed by atoms with Crippen LogP contribution in [-0.4, -0.2) is 29.9 Å². The van der Waals surface area contributed by atoms with E-state index in [-0.39, 0.29) is 11.8 Å². The van der Waals surface area contributed by atoms with Crippen LogP contribution in [0.1, 0.15) is 34.6 Å². The number of benzene rings is 2. The topological polar surface area (TPSA) is 74.3 Å². The van der Waals surface area contributed by atoms with Gasteiger partial charge in [0.2, 0.25) is 0 Å². The minimum absolute atomic E-state index is 0.286. The Kier molecular flexibility index (Phi) is 6.58. The van der Waals surface area contributed by atoms with Gasteiger partial charge in [-0.2, -0.15) is 0 Å². The summed E-state index contributed by atoms with van der Waals surface area (Å²) < 4.78 is 0. The number of anilines is 3. The lowest BCUT2D eigenvalue weighted by Crippen LogP contribution is -2.21. The van der Waals surface area contributed by atoms with Crippen LogP contribution in [0.2, 0.25) is 0 Å². The van der Waals surface area contributed by atoms with Gasteiger partial charge in [0.1, 0.15) is 0 Å². The van der Waals surface area contributed by atoms with Crippen LogP contribution in [0.4, 0.5) is 17.1 Å². The van der Waals surface area contributed by atoms with Gasteiger partial charge in [-0.05, 0) is 62.4 Å². The molecule has 0 saturated heterocycles. The van der Waals surface area contributed by atoms with Crippen molar-refractivity contribution in [2.45, 2.75) is 13.8 Å². The summed E-state index contributed by atoms with van der Waals surface area (Å²) in [5, 5.41) is 5.69. The fourth-order valence-electron chi connectivity index (χ4n) is 3.03. The molecule has 3 aromatic rings. The Labute approximate surface area is 170 Å². The Balaban J connectivity index is 1.74. The zero-order chi connectivity index (χ0) is 20.6. The van der Waals surface area contributed by atoms with E-state index in [1.807, 2.05) is 24.3 Å². The van der Waals surface area contributed by atoms with E-state index in [1.54, 1.807) is 48.8 Å². The van der Waals surface area contributed by atoms with Crippen molar-refractivity contribution >= 4 is 28.9 Å². The number of carbonyl (C=O) groups excluding carboxylic acids is 2. The summed E-state index contributed by atoms with van der Waals surface area (Å²) in [5.74, 6) is -0.581. The van der Waals surface area contributed by atoms with E-state index in [4.69, 9.17) is 0 Å². The Morgan fingerprint density at radius 1 is 0.828 bits per heavy atom. The van der Waals surface area contributed by atoms with Crippen molar-refractivity contribution in [2.75, 3.05) is 28.6 Å². The molecule has 6 nitrogen and oxygen atoms in total. The highest BCUT2D eigenvalue weighted by Gasteiger charge is 2.14. The average Bonchev–Trinajstić information content (AvgIpc) is 2.76. The monoisotopic (exact) mass is 388 g/mol. The smallest absolute Gasteiger partial charge is 0.257 e. The van der Waals surface area contributed by atoms with Crippen molar-refractivity contribution in [3.05, 3.63) is 84.2 Å². The first kappa shape index (κ1) is 20.1. The summed E-state index contributed by atoms with van der Waals surface area (Å²) >= 11 is 0. The number of carbonyl (C=O) groups is 2. The fraction of sp³-hybridized carbons (Fsp3) is 0.174. The van der Waals surface area contributed by atoms with Crippen LogP contribution in [0.5, 0.6) is 0 Å². The number of para-hydroxylation sites is 1. The van der Waals surface area contributed by atoms with Gasteiger partial charge in [0, 0.05) is 42.4 Å². The average molecular weight is 388 g/mol. The highest BCUT2D eigenvalue weighted by atomic mass is 16.2. The molecule has 6 heteroatoms. The summed E-state index contributed by atoms with van der Waals surface area (Å²) in [6, 6.07) is 17.9. The van der Waals surface area contributed by atoms with Gasteiger partial charge in [0.25, 0.3) is 11.8 Å². The third-order valence-corrected chi connectivity index (χ3v) is 4.62. The number of nitrogens with zero attached hydrogens (tertiary/aromatic N) is 2. The van der Waals surface area contributed by atoms with Gasteiger partial charge < -0.3 is 15.5 Å². The zero-order valence-corrected chi connectivity index (χ0v) is 16.6. The highest BCUT2D eigenvalue weighted by molar-refractivity contribution is 6.12. The quantitative estimate of drug-likeness (QED) is 0.628. The molecule has 0 aliphatic rings. The maximum Gasteiger partial charge on any atom is 0.257 e. The van der Waals surface area contributed by atoms with Crippen LogP contribution in [0.15, 0.2) is 73.1 Å². The second kappa shape index (κ2) is 9.50. The molecular formula is C23H24N4O2. The molecule has 0 unspecified atom stereocenters. The van der Waals surface area contributed by atoms with Crippen LogP contribution in [-0.2, 0) is 0 Å². The molecule has 1 heterocycles. The number of nitrogens with one attached hydrogen (secondary N) is 2. The fourth-order valence-corrected chi connectivity index (χ4v) is 3.03. The van der Waals surface area contributed by atoms with Crippen molar-refractivity contribution in [3.8, 4) is 0 Å². The molecule has 0 atom stereocenters. The van der Waals surface area contributed by atoms with E-state index >= 15 is 0 Å². The molecule has 2 amide bonds. The van der Waals surface area contributed by atoms with Gasteiger partial charge in [-0.25, -0.2) is 0 Å². The summed E-state index contributed by atoms with van der Waals surface area (Å²) in [7, 11) is 0. The van der Waals surface area contributed by atoms with Crippen LogP contribution < -0.4 is 15.5 Å². The first-order chi connectivity index (χ1) is 14.1. The predicted octanol–water partition coefficient (Wildman–Crippen LogP) is 4.43. The van der Waals surface area contributed by atoms with Gasteiger partial charge in [-0.3, -0.25) is 14.6 Å². The summed E-state index contributed by atoms with van der Waals surface area (Å²) in [5.41, 5.74) is 3.12. The third kappa shape index (κ3) is 4.99. The molecule has 0 spiro atoms. The molecule has 148 valence electrons. The number of pyridine rings is 1. The first-order valence-electron chi connectivity index (χ1n) is 9.59. The molecule has 0 radical (unpaired) electrons. The van der Waals surface area contributed by atoms with Crippen molar-refractivity contribution in [1.29, 1.82) is 0 Å². The summed E-state index contributed by atoms with van der Waals surface area (Å²) in [6.45, 7) is 6.06. The van der Waals surface area contributed by atoms with Crippen molar-refractivity contribution < 1.29 is 9.59 Å². The van der Waals surface area contributed by atoms with E-state index in [2.05, 4.69) is 34.4 Å². The Morgan fingerprint density at radius 2 is 1.48 bits per heavy atom. The Morgan fingerprint density at radius 3 is 2.14 bits per heavy atom. The van der Waals surface area contributed by atoms with E-state index in [0.29, 0.717) is 22.5 Å². The highest BCUT2D eigenvalue weighted by Crippen LogP contribution is 2.21.